The third-order valence-electron chi connectivity index (χ3n) is 2.90. The first-order valence-electron chi connectivity index (χ1n) is 6.40. The molecule has 0 fully saturated rings. The number of para-hydroxylation sites is 1. The van der Waals surface area contributed by atoms with Crippen LogP contribution in [0, 0.1) is 12.7 Å². The Bertz CT molecular complexity index is 480. The fourth-order valence-corrected chi connectivity index (χ4v) is 1.82. The molecule has 2 aromatic rings. The SMILES string of the molecule is Cc1ccccc1OCCNCc1ccccc1F. The zero-order valence-electron chi connectivity index (χ0n) is 11.0. The summed E-state index contributed by atoms with van der Waals surface area (Å²) in [6, 6.07) is 14.7. The van der Waals surface area contributed by atoms with E-state index in [0.29, 0.717) is 25.3 Å². The fourth-order valence-electron chi connectivity index (χ4n) is 1.82. The van der Waals surface area contributed by atoms with Gasteiger partial charge in [0.15, 0.2) is 0 Å². The van der Waals surface area contributed by atoms with Crippen LogP contribution >= 0.6 is 0 Å². The molecule has 0 saturated carbocycles. The van der Waals surface area contributed by atoms with Crippen LogP contribution in [0.1, 0.15) is 11.1 Å². The first-order valence-corrected chi connectivity index (χ1v) is 6.40. The molecule has 100 valence electrons. The van der Waals surface area contributed by atoms with Gasteiger partial charge in [0.2, 0.25) is 0 Å². The van der Waals surface area contributed by atoms with E-state index in [1.165, 1.54) is 6.07 Å². The molecule has 0 aliphatic rings. The topological polar surface area (TPSA) is 21.3 Å². The Kier molecular flexibility index (Phi) is 4.93. The van der Waals surface area contributed by atoms with Crippen molar-refractivity contribution in [3.8, 4) is 5.75 Å². The lowest BCUT2D eigenvalue weighted by Crippen LogP contribution is -2.21. The van der Waals surface area contributed by atoms with E-state index in [1.54, 1.807) is 12.1 Å². The molecule has 3 heteroatoms. The average molecular weight is 259 g/mol. The van der Waals surface area contributed by atoms with Gasteiger partial charge in [0, 0.05) is 18.7 Å². The normalized spacial score (nSPS) is 10.4. The molecule has 2 rings (SSSR count). The maximum absolute atomic E-state index is 13.3. The standard InChI is InChI=1S/C16H18FNO/c1-13-6-2-5-9-16(13)19-11-10-18-12-14-7-3-4-8-15(14)17/h2-9,18H,10-12H2,1H3. The molecule has 2 aromatic carbocycles. The predicted molar refractivity (Wildman–Crippen MR) is 74.8 cm³/mol. The molecule has 0 heterocycles. The number of nitrogens with one attached hydrogen (secondary N) is 1. The fraction of sp³-hybridized carbons (Fsp3) is 0.250. The van der Waals surface area contributed by atoms with E-state index >= 15 is 0 Å². The molecule has 0 aliphatic heterocycles. The van der Waals surface area contributed by atoms with Crippen molar-refractivity contribution >= 4 is 0 Å². The summed E-state index contributed by atoms with van der Waals surface area (Å²) in [4.78, 5) is 0. The number of hydrogen-bond acceptors (Lipinski definition) is 2. The van der Waals surface area contributed by atoms with E-state index in [4.69, 9.17) is 4.74 Å². The van der Waals surface area contributed by atoms with E-state index in [9.17, 15) is 4.39 Å². The van der Waals surface area contributed by atoms with Gasteiger partial charge in [-0.2, -0.15) is 0 Å². The quantitative estimate of drug-likeness (QED) is 0.804. The Balaban J connectivity index is 1.71. The lowest BCUT2D eigenvalue weighted by atomic mass is 10.2. The highest BCUT2D eigenvalue weighted by molar-refractivity contribution is 5.31. The predicted octanol–water partition coefficient (Wildman–Crippen LogP) is 3.30. The van der Waals surface area contributed by atoms with Crippen LogP contribution in [0.5, 0.6) is 5.75 Å². The van der Waals surface area contributed by atoms with Gasteiger partial charge in [-0.15, -0.1) is 0 Å². The van der Waals surface area contributed by atoms with E-state index in [2.05, 4.69) is 5.32 Å². The molecule has 0 bridgehead atoms. The van der Waals surface area contributed by atoms with E-state index < -0.39 is 0 Å². The van der Waals surface area contributed by atoms with Crippen molar-refractivity contribution in [3.05, 3.63) is 65.5 Å². The maximum Gasteiger partial charge on any atom is 0.127 e. The van der Waals surface area contributed by atoms with Crippen LogP contribution in [0.2, 0.25) is 0 Å². The second-order valence-corrected chi connectivity index (χ2v) is 4.38. The van der Waals surface area contributed by atoms with Gasteiger partial charge in [-0.25, -0.2) is 4.39 Å². The van der Waals surface area contributed by atoms with E-state index in [-0.39, 0.29) is 5.82 Å². The highest BCUT2D eigenvalue weighted by Crippen LogP contribution is 2.15. The summed E-state index contributed by atoms with van der Waals surface area (Å²) in [6.45, 7) is 3.79. The summed E-state index contributed by atoms with van der Waals surface area (Å²) in [6.07, 6.45) is 0. The maximum atomic E-state index is 13.3. The van der Waals surface area contributed by atoms with Crippen LogP contribution in [0.15, 0.2) is 48.5 Å². The van der Waals surface area contributed by atoms with E-state index in [1.807, 2.05) is 37.3 Å². The van der Waals surface area contributed by atoms with Crippen molar-refractivity contribution in [2.24, 2.45) is 0 Å². The van der Waals surface area contributed by atoms with Crippen LogP contribution in [0.4, 0.5) is 4.39 Å². The lowest BCUT2D eigenvalue weighted by Gasteiger charge is -2.10. The van der Waals surface area contributed by atoms with Gasteiger partial charge in [-0.1, -0.05) is 36.4 Å². The van der Waals surface area contributed by atoms with Crippen LogP contribution in [-0.2, 0) is 6.54 Å². The first kappa shape index (κ1) is 13.6. The summed E-state index contributed by atoms with van der Waals surface area (Å²) in [5.74, 6) is 0.727. The van der Waals surface area contributed by atoms with Crippen LogP contribution in [0.25, 0.3) is 0 Å². The second kappa shape index (κ2) is 6.90. The Labute approximate surface area is 113 Å². The van der Waals surface area contributed by atoms with Crippen molar-refractivity contribution in [3.63, 3.8) is 0 Å². The van der Waals surface area contributed by atoms with Gasteiger partial charge >= 0.3 is 0 Å². The molecule has 2 nitrogen and oxygen atoms in total. The number of rotatable bonds is 6. The molecule has 19 heavy (non-hydrogen) atoms. The average Bonchev–Trinajstić information content (AvgIpc) is 2.42. The third kappa shape index (κ3) is 4.07. The van der Waals surface area contributed by atoms with Crippen LogP contribution in [-0.4, -0.2) is 13.2 Å². The van der Waals surface area contributed by atoms with Gasteiger partial charge < -0.3 is 10.1 Å². The van der Waals surface area contributed by atoms with Crippen LogP contribution in [0.3, 0.4) is 0 Å². The Morgan fingerprint density at radius 2 is 1.79 bits per heavy atom. The number of aryl methyl sites for hydroxylation is 1. The van der Waals surface area contributed by atoms with Crippen molar-refractivity contribution < 1.29 is 9.13 Å². The lowest BCUT2D eigenvalue weighted by molar-refractivity contribution is 0.311. The summed E-state index contributed by atoms with van der Waals surface area (Å²) in [7, 11) is 0. The summed E-state index contributed by atoms with van der Waals surface area (Å²) in [5, 5.41) is 3.17. The zero-order chi connectivity index (χ0) is 13.5. The molecular weight excluding hydrogens is 241 g/mol. The molecule has 0 unspecified atom stereocenters. The molecule has 0 spiro atoms. The smallest absolute Gasteiger partial charge is 0.127 e. The zero-order valence-corrected chi connectivity index (χ0v) is 11.0. The molecule has 1 N–H and O–H groups in total. The van der Waals surface area contributed by atoms with Crippen molar-refractivity contribution in [1.29, 1.82) is 0 Å². The van der Waals surface area contributed by atoms with Gasteiger partial charge in [-0.3, -0.25) is 0 Å². The molecule has 0 aliphatic carbocycles. The third-order valence-corrected chi connectivity index (χ3v) is 2.90. The monoisotopic (exact) mass is 259 g/mol. The number of hydrogen-bond donors (Lipinski definition) is 1. The summed E-state index contributed by atoms with van der Waals surface area (Å²) >= 11 is 0. The van der Waals surface area contributed by atoms with Crippen LogP contribution < -0.4 is 10.1 Å². The molecule has 0 radical (unpaired) electrons. The summed E-state index contributed by atoms with van der Waals surface area (Å²) < 4.78 is 19.0. The van der Waals surface area contributed by atoms with Crippen molar-refractivity contribution in [2.75, 3.05) is 13.2 Å². The van der Waals surface area contributed by atoms with Gasteiger partial charge in [0.05, 0.1) is 0 Å². The Morgan fingerprint density at radius 3 is 2.58 bits per heavy atom. The highest BCUT2D eigenvalue weighted by atomic mass is 19.1. The second-order valence-electron chi connectivity index (χ2n) is 4.38. The minimum absolute atomic E-state index is 0.171. The molecule has 0 saturated heterocycles. The van der Waals surface area contributed by atoms with Gasteiger partial charge in [0.25, 0.3) is 0 Å². The highest BCUT2D eigenvalue weighted by Gasteiger charge is 2.00. The molecule has 0 amide bonds. The van der Waals surface area contributed by atoms with Gasteiger partial charge in [0.1, 0.15) is 18.2 Å². The van der Waals surface area contributed by atoms with E-state index in [0.717, 1.165) is 11.3 Å². The number of ether oxygens (including phenoxy) is 1. The molecule has 0 atom stereocenters. The molecule has 0 aromatic heterocycles. The minimum Gasteiger partial charge on any atom is -0.492 e. The summed E-state index contributed by atoms with van der Waals surface area (Å²) in [5.41, 5.74) is 1.80. The Morgan fingerprint density at radius 1 is 1.05 bits per heavy atom. The first-order chi connectivity index (χ1) is 9.27. The minimum atomic E-state index is -0.171. The van der Waals surface area contributed by atoms with Gasteiger partial charge in [-0.05, 0) is 24.6 Å². The largest absolute Gasteiger partial charge is 0.492 e. The Hall–Kier alpha value is -1.87. The number of halogens is 1. The molecular formula is C16H18FNO. The van der Waals surface area contributed by atoms with Crippen molar-refractivity contribution in [2.45, 2.75) is 13.5 Å². The number of benzene rings is 2. The van der Waals surface area contributed by atoms with Crippen molar-refractivity contribution in [1.82, 2.24) is 5.32 Å².